The first kappa shape index (κ1) is 20.6. The number of allylic oxidation sites excluding steroid dienone is 4. The molecule has 0 saturated heterocycles. The maximum absolute atomic E-state index is 12.3. The lowest BCUT2D eigenvalue weighted by Crippen LogP contribution is -2.15. The van der Waals surface area contributed by atoms with Crippen molar-refractivity contribution >= 4 is 35.4 Å². The number of hydrogen-bond acceptors (Lipinski definition) is 5. The van der Waals surface area contributed by atoms with Gasteiger partial charge in [0.15, 0.2) is 6.29 Å². The Kier molecular flexibility index (Phi) is 7.72. The van der Waals surface area contributed by atoms with Gasteiger partial charge in [0.1, 0.15) is 0 Å². The molecule has 6 heteroatoms. The number of benzene rings is 2. The minimum absolute atomic E-state index is 0.184. The smallest absolute Gasteiger partial charge is 0.228 e. The molecule has 0 heterocycles. The summed E-state index contributed by atoms with van der Waals surface area (Å²) in [5, 5.41) is 6.82. The Balaban J connectivity index is 2.32. The number of carbonyl (C=O) groups excluding carboxylic acids is 2. The standard InChI is InChI=1S/C22H24N4O2/c1-3-4-10-17(14-25-24-2)22-18(15-27)12-19(13-20(22)23)26-21(28)11-16-8-6-5-7-9-16/h3-10,12-15,24H,11,23H2,1-2H3,(H,26,28)/b4-3+,17-10+,25-14-. The molecule has 2 rings (SSSR count). The fraction of sp³-hybridized carbons (Fsp3) is 0.136. The van der Waals surface area contributed by atoms with E-state index in [0.717, 1.165) is 11.8 Å². The van der Waals surface area contributed by atoms with Crippen LogP contribution in [-0.2, 0) is 11.2 Å². The van der Waals surface area contributed by atoms with Crippen LogP contribution in [0.4, 0.5) is 11.4 Å². The largest absolute Gasteiger partial charge is 0.398 e. The SMILES string of the molecule is C/C=C/C=C(\C=N/NC)c1c(N)cc(NC(=O)Cc2ccccc2)cc1C=O. The van der Waals surface area contributed by atoms with Crippen LogP contribution in [0.5, 0.6) is 0 Å². The second kappa shape index (κ2) is 10.5. The van der Waals surface area contributed by atoms with Crippen molar-refractivity contribution in [1.82, 2.24) is 5.43 Å². The molecule has 0 fully saturated rings. The summed E-state index contributed by atoms with van der Waals surface area (Å²) in [4.78, 5) is 24.0. The zero-order chi connectivity index (χ0) is 20.4. The third kappa shape index (κ3) is 5.67. The molecular weight excluding hydrogens is 352 g/mol. The van der Waals surface area contributed by atoms with E-state index in [4.69, 9.17) is 5.73 Å². The van der Waals surface area contributed by atoms with Gasteiger partial charge in [-0.25, -0.2) is 0 Å². The maximum Gasteiger partial charge on any atom is 0.228 e. The van der Waals surface area contributed by atoms with E-state index in [-0.39, 0.29) is 12.3 Å². The lowest BCUT2D eigenvalue weighted by atomic mass is 9.97. The first-order valence-corrected chi connectivity index (χ1v) is 8.84. The number of carbonyl (C=O) groups is 2. The van der Waals surface area contributed by atoms with Crippen molar-refractivity contribution in [2.24, 2.45) is 5.10 Å². The number of anilines is 2. The molecule has 0 spiro atoms. The minimum Gasteiger partial charge on any atom is -0.398 e. The molecule has 0 aliphatic carbocycles. The third-order valence-corrected chi connectivity index (χ3v) is 3.91. The van der Waals surface area contributed by atoms with Gasteiger partial charge in [-0.3, -0.25) is 9.59 Å². The highest BCUT2D eigenvalue weighted by Gasteiger charge is 2.13. The zero-order valence-electron chi connectivity index (χ0n) is 16.0. The predicted molar refractivity (Wildman–Crippen MR) is 115 cm³/mol. The molecule has 2 aromatic carbocycles. The quantitative estimate of drug-likeness (QED) is 0.216. The second-order valence-corrected chi connectivity index (χ2v) is 5.99. The van der Waals surface area contributed by atoms with Crippen LogP contribution in [0.25, 0.3) is 5.57 Å². The summed E-state index contributed by atoms with van der Waals surface area (Å²) in [6.45, 7) is 1.89. The first-order valence-electron chi connectivity index (χ1n) is 8.84. The van der Waals surface area contributed by atoms with E-state index in [9.17, 15) is 9.59 Å². The number of nitrogen functional groups attached to an aromatic ring is 1. The molecule has 2 aromatic rings. The van der Waals surface area contributed by atoms with Gasteiger partial charge in [0.05, 0.1) is 12.6 Å². The maximum atomic E-state index is 12.3. The molecule has 0 aromatic heterocycles. The minimum atomic E-state index is -0.184. The van der Waals surface area contributed by atoms with Crippen molar-refractivity contribution in [2.75, 3.05) is 18.1 Å². The van der Waals surface area contributed by atoms with Gasteiger partial charge in [-0.1, -0.05) is 48.6 Å². The highest BCUT2D eigenvalue weighted by atomic mass is 16.1. The van der Waals surface area contributed by atoms with E-state index in [1.165, 1.54) is 0 Å². The molecule has 0 atom stereocenters. The molecule has 144 valence electrons. The second-order valence-electron chi connectivity index (χ2n) is 5.99. The van der Waals surface area contributed by atoms with E-state index in [0.29, 0.717) is 28.1 Å². The van der Waals surface area contributed by atoms with Crippen LogP contribution in [-0.4, -0.2) is 25.5 Å². The average molecular weight is 376 g/mol. The molecule has 4 N–H and O–H groups in total. The lowest BCUT2D eigenvalue weighted by molar-refractivity contribution is -0.115. The Morgan fingerprint density at radius 2 is 1.96 bits per heavy atom. The van der Waals surface area contributed by atoms with Crippen molar-refractivity contribution in [2.45, 2.75) is 13.3 Å². The van der Waals surface area contributed by atoms with Gasteiger partial charge < -0.3 is 16.5 Å². The Morgan fingerprint density at radius 1 is 1.21 bits per heavy atom. The molecule has 0 bridgehead atoms. The number of hydrogen-bond donors (Lipinski definition) is 3. The van der Waals surface area contributed by atoms with Crippen molar-refractivity contribution in [3.05, 3.63) is 77.4 Å². The van der Waals surface area contributed by atoms with Crippen LogP contribution in [0.1, 0.15) is 28.4 Å². The van der Waals surface area contributed by atoms with E-state index < -0.39 is 0 Å². The molecule has 6 nitrogen and oxygen atoms in total. The van der Waals surface area contributed by atoms with Crippen LogP contribution in [0.2, 0.25) is 0 Å². The highest BCUT2D eigenvalue weighted by molar-refractivity contribution is 6.15. The molecule has 0 saturated carbocycles. The van der Waals surface area contributed by atoms with Crippen molar-refractivity contribution in [1.29, 1.82) is 0 Å². The normalized spacial score (nSPS) is 11.7. The fourth-order valence-corrected chi connectivity index (χ4v) is 2.70. The molecule has 0 unspecified atom stereocenters. The van der Waals surface area contributed by atoms with Crippen LogP contribution in [0.15, 0.2) is 65.8 Å². The average Bonchev–Trinajstić information content (AvgIpc) is 2.69. The summed E-state index contributed by atoms with van der Waals surface area (Å²) in [5.41, 5.74) is 12.2. The predicted octanol–water partition coefficient (Wildman–Crippen LogP) is 3.43. The molecule has 0 radical (unpaired) electrons. The van der Waals surface area contributed by atoms with Gasteiger partial charge in [0.2, 0.25) is 5.91 Å². The van der Waals surface area contributed by atoms with Gasteiger partial charge in [0, 0.05) is 35.1 Å². The summed E-state index contributed by atoms with van der Waals surface area (Å²) in [7, 11) is 1.68. The monoisotopic (exact) mass is 376 g/mol. The number of rotatable bonds is 8. The Morgan fingerprint density at radius 3 is 2.61 bits per heavy atom. The van der Waals surface area contributed by atoms with Gasteiger partial charge in [-0.15, -0.1) is 0 Å². The van der Waals surface area contributed by atoms with E-state index in [2.05, 4.69) is 15.8 Å². The summed E-state index contributed by atoms with van der Waals surface area (Å²) >= 11 is 0. The van der Waals surface area contributed by atoms with E-state index in [1.54, 1.807) is 25.4 Å². The molecular formula is C22H24N4O2. The van der Waals surface area contributed by atoms with Crippen molar-refractivity contribution in [3.8, 4) is 0 Å². The molecule has 1 amide bonds. The Labute approximate surface area is 164 Å². The Hall–Kier alpha value is -3.67. The van der Waals surface area contributed by atoms with Gasteiger partial charge in [0.25, 0.3) is 0 Å². The van der Waals surface area contributed by atoms with Gasteiger partial charge >= 0.3 is 0 Å². The van der Waals surface area contributed by atoms with Crippen molar-refractivity contribution < 1.29 is 9.59 Å². The van der Waals surface area contributed by atoms with Gasteiger partial charge in [-0.2, -0.15) is 5.10 Å². The van der Waals surface area contributed by atoms with Crippen molar-refractivity contribution in [3.63, 3.8) is 0 Å². The number of hydrazone groups is 1. The lowest BCUT2D eigenvalue weighted by Gasteiger charge is -2.13. The summed E-state index contributed by atoms with van der Waals surface area (Å²) in [6.07, 6.45) is 8.05. The summed E-state index contributed by atoms with van der Waals surface area (Å²) in [5.74, 6) is -0.184. The number of nitrogens with zero attached hydrogens (tertiary/aromatic N) is 1. The van der Waals surface area contributed by atoms with E-state index >= 15 is 0 Å². The third-order valence-electron chi connectivity index (χ3n) is 3.91. The van der Waals surface area contributed by atoms with Crippen LogP contribution in [0, 0.1) is 0 Å². The number of nitrogens with one attached hydrogen (secondary N) is 2. The van der Waals surface area contributed by atoms with E-state index in [1.807, 2.05) is 55.5 Å². The zero-order valence-corrected chi connectivity index (χ0v) is 16.0. The highest BCUT2D eigenvalue weighted by Crippen LogP contribution is 2.28. The topological polar surface area (TPSA) is 96.6 Å². The van der Waals surface area contributed by atoms with Crippen LogP contribution in [0.3, 0.4) is 0 Å². The first-order chi connectivity index (χ1) is 13.6. The molecule has 0 aliphatic heterocycles. The Bertz CT molecular complexity index is 916. The number of amides is 1. The molecule has 0 aliphatic rings. The number of nitrogens with two attached hydrogens (primary N) is 1. The number of aldehydes is 1. The summed E-state index contributed by atoms with van der Waals surface area (Å²) < 4.78 is 0. The van der Waals surface area contributed by atoms with Gasteiger partial charge in [-0.05, 0) is 24.6 Å². The molecule has 28 heavy (non-hydrogen) atoms. The van der Waals surface area contributed by atoms with Crippen LogP contribution >= 0.6 is 0 Å². The fourth-order valence-electron chi connectivity index (χ4n) is 2.70. The van der Waals surface area contributed by atoms with Crippen LogP contribution < -0.4 is 16.5 Å². The summed E-state index contributed by atoms with van der Waals surface area (Å²) in [6, 6.07) is 12.7.